The molecule has 0 bridgehead atoms. The van der Waals surface area contributed by atoms with Crippen molar-refractivity contribution in [3.8, 4) is 11.4 Å². The molecule has 4 heterocycles. The van der Waals surface area contributed by atoms with Crippen LogP contribution in [0.4, 0.5) is 0 Å². The number of ether oxygens (including phenoxy) is 2. The molecule has 2 aliphatic rings. The molecule has 6 rings (SSSR count). The molecule has 2 aliphatic heterocycles. The summed E-state index contributed by atoms with van der Waals surface area (Å²) in [6.45, 7) is 1.63. The number of hydrogen-bond acceptors (Lipinski definition) is 9. The van der Waals surface area contributed by atoms with E-state index in [-0.39, 0.29) is 42.6 Å². The van der Waals surface area contributed by atoms with Crippen LogP contribution in [0, 0.1) is 0 Å². The molecule has 0 fully saturated rings. The van der Waals surface area contributed by atoms with E-state index in [0.717, 1.165) is 22.0 Å². The zero-order valence-corrected chi connectivity index (χ0v) is 25.0. The van der Waals surface area contributed by atoms with Crippen LogP contribution in [0.5, 0.6) is 0 Å². The number of carboxylic acids is 1. The molecule has 0 spiro atoms. The highest BCUT2D eigenvalue weighted by molar-refractivity contribution is 5.89. The first kappa shape index (κ1) is 30.7. The smallest absolute Gasteiger partial charge is 0.355 e. The Balaban J connectivity index is 1.22. The molecule has 0 unspecified atom stereocenters. The maximum Gasteiger partial charge on any atom is 0.355 e. The van der Waals surface area contributed by atoms with Crippen LogP contribution < -0.4 is 16.6 Å². The number of carbonyl (C=O) groups excluding carboxylic acids is 3. The molecule has 2 aromatic heterocycles. The molecule has 46 heavy (non-hydrogen) atoms. The van der Waals surface area contributed by atoms with Gasteiger partial charge in [0.15, 0.2) is 0 Å². The normalized spacial score (nSPS) is 17.7. The molecule has 3 atom stereocenters. The summed E-state index contributed by atoms with van der Waals surface area (Å²) in [4.78, 5) is 69.7. The Bertz CT molecular complexity index is 1940. The predicted octanol–water partition coefficient (Wildman–Crippen LogP) is 2.55. The molecule has 0 aliphatic carbocycles. The Morgan fingerprint density at radius 2 is 1.85 bits per heavy atom. The molecule has 12 nitrogen and oxygen atoms in total. The number of aromatic nitrogens is 2. The lowest BCUT2D eigenvalue weighted by molar-refractivity contribution is -0.189. The Labute approximate surface area is 263 Å². The summed E-state index contributed by atoms with van der Waals surface area (Å²) in [5.74, 6) is -3.77. The zero-order valence-electron chi connectivity index (χ0n) is 25.0. The van der Waals surface area contributed by atoms with E-state index in [9.17, 15) is 29.1 Å². The summed E-state index contributed by atoms with van der Waals surface area (Å²) in [6.07, 6.45) is -0.618. The molecule has 0 radical (unpaired) electrons. The minimum absolute atomic E-state index is 0.0428. The Morgan fingerprint density at radius 1 is 1.11 bits per heavy atom. The highest BCUT2D eigenvalue weighted by atomic mass is 16.6. The van der Waals surface area contributed by atoms with Crippen molar-refractivity contribution in [1.29, 1.82) is 0 Å². The molecule has 236 valence electrons. The number of amides is 1. The second kappa shape index (κ2) is 12.2. The van der Waals surface area contributed by atoms with Crippen molar-refractivity contribution in [2.45, 2.75) is 63.4 Å². The number of rotatable bonds is 10. The summed E-state index contributed by atoms with van der Waals surface area (Å²) >= 11 is 0. The fourth-order valence-corrected chi connectivity index (χ4v) is 6.09. The summed E-state index contributed by atoms with van der Waals surface area (Å²) in [5, 5.41) is 13.1. The number of nitrogens with zero attached hydrogens (tertiary/aromatic N) is 2. The molecule has 2 aromatic carbocycles. The predicted molar refractivity (Wildman–Crippen MR) is 165 cm³/mol. The van der Waals surface area contributed by atoms with Gasteiger partial charge in [0.1, 0.15) is 12.6 Å². The minimum Gasteiger partial charge on any atom is -0.480 e. The molecule has 0 saturated heterocycles. The van der Waals surface area contributed by atoms with Crippen molar-refractivity contribution in [3.63, 3.8) is 0 Å². The Morgan fingerprint density at radius 3 is 2.59 bits per heavy atom. The fourth-order valence-electron chi connectivity index (χ4n) is 6.09. The van der Waals surface area contributed by atoms with E-state index in [1.165, 1.54) is 0 Å². The van der Waals surface area contributed by atoms with Crippen LogP contribution in [0.15, 0.2) is 71.5 Å². The zero-order chi connectivity index (χ0) is 32.6. The largest absolute Gasteiger partial charge is 0.480 e. The van der Waals surface area contributed by atoms with Crippen LogP contribution in [0.3, 0.4) is 0 Å². The Kier molecular flexibility index (Phi) is 8.13. The number of aliphatic carboxylic acids is 1. The van der Waals surface area contributed by atoms with Gasteiger partial charge in [0.25, 0.3) is 5.56 Å². The molecule has 1 amide bonds. The third-order valence-corrected chi connectivity index (χ3v) is 8.56. The highest BCUT2D eigenvalue weighted by Crippen LogP contribution is 2.41. The molecule has 4 N–H and O–H groups in total. The Hall–Kier alpha value is -5.36. The van der Waals surface area contributed by atoms with Crippen LogP contribution in [0.2, 0.25) is 0 Å². The van der Waals surface area contributed by atoms with E-state index in [1.54, 1.807) is 41.8 Å². The van der Waals surface area contributed by atoms with Gasteiger partial charge in [0.05, 0.1) is 35.1 Å². The van der Waals surface area contributed by atoms with Crippen molar-refractivity contribution >= 4 is 34.7 Å². The number of benzene rings is 2. The van der Waals surface area contributed by atoms with Crippen molar-refractivity contribution in [1.82, 2.24) is 14.9 Å². The highest BCUT2D eigenvalue weighted by Gasteiger charge is 2.50. The van der Waals surface area contributed by atoms with Crippen LogP contribution in [-0.4, -0.2) is 50.6 Å². The molecular weight excluding hydrogens is 592 g/mol. The SMILES string of the molecule is CC[C@@]1(OC(=O)CC[C@H](NC(=O)[C@H](N)Cc2ccccc2)C(=O)O)C(=O)OCc2c1cc1n(c2=O)Cc2cc3ccccc3nc2-1. The maximum absolute atomic E-state index is 13.7. The number of cyclic esters (lactones) is 1. The van der Waals surface area contributed by atoms with Crippen LogP contribution in [-0.2, 0) is 53.8 Å². The summed E-state index contributed by atoms with van der Waals surface area (Å²) < 4.78 is 12.7. The number of hydrogen-bond donors (Lipinski definition) is 3. The first-order valence-corrected chi connectivity index (χ1v) is 15.0. The van der Waals surface area contributed by atoms with Gasteiger partial charge >= 0.3 is 17.9 Å². The van der Waals surface area contributed by atoms with Gasteiger partial charge in [-0.1, -0.05) is 55.5 Å². The number of nitrogens with one attached hydrogen (secondary N) is 1. The number of carbonyl (C=O) groups is 4. The van der Waals surface area contributed by atoms with Crippen molar-refractivity contribution in [3.05, 3.63) is 99.3 Å². The summed E-state index contributed by atoms with van der Waals surface area (Å²) in [7, 11) is 0. The third-order valence-electron chi connectivity index (χ3n) is 8.56. The summed E-state index contributed by atoms with van der Waals surface area (Å²) in [5.41, 5.74) is 7.59. The van der Waals surface area contributed by atoms with E-state index < -0.39 is 47.9 Å². The van der Waals surface area contributed by atoms with E-state index in [4.69, 9.17) is 20.2 Å². The second-order valence-corrected chi connectivity index (χ2v) is 11.5. The average molecular weight is 625 g/mol. The van der Waals surface area contributed by atoms with Gasteiger partial charge in [-0.15, -0.1) is 0 Å². The van der Waals surface area contributed by atoms with E-state index >= 15 is 0 Å². The molecule has 12 heteroatoms. The van der Waals surface area contributed by atoms with Gasteiger partial charge in [-0.25, -0.2) is 14.6 Å². The van der Waals surface area contributed by atoms with Gasteiger partial charge < -0.3 is 30.2 Å². The van der Waals surface area contributed by atoms with E-state index in [0.29, 0.717) is 17.9 Å². The molecule has 4 aromatic rings. The first-order chi connectivity index (χ1) is 22.1. The number of para-hydroxylation sites is 1. The maximum atomic E-state index is 13.7. The van der Waals surface area contributed by atoms with Crippen molar-refractivity contribution in [2.24, 2.45) is 5.73 Å². The lowest BCUT2D eigenvalue weighted by Gasteiger charge is -2.35. The third kappa shape index (κ3) is 5.51. The fraction of sp³-hybridized carbons (Fsp3) is 0.294. The monoisotopic (exact) mass is 624 g/mol. The van der Waals surface area contributed by atoms with E-state index in [2.05, 4.69) is 5.32 Å². The van der Waals surface area contributed by atoms with Crippen LogP contribution >= 0.6 is 0 Å². The summed E-state index contributed by atoms with van der Waals surface area (Å²) in [6, 6.07) is 17.8. The van der Waals surface area contributed by atoms with Gasteiger partial charge in [-0.05, 0) is 43.0 Å². The van der Waals surface area contributed by atoms with E-state index in [1.807, 2.05) is 36.4 Å². The standard InChI is InChI=1S/C34H32N4O8/c1-2-34(46-28(39)13-12-26(32(42)43)37-30(40)24(35)14-19-8-4-3-5-9-19)23-16-27-29-21(15-20-10-6-7-11-25(20)36-29)17-38(27)31(41)22(23)18-45-33(34)44/h3-11,15-16,24,26H,2,12-14,17-18,35H2,1H3,(H,37,40)(H,42,43)/t24-,26+,34+/m1/s1. The quantitative estimate of drug-likeness (QED) is 0.196. The number of esters is 2. The van der Waals surface area contributed by atoms with Gasteiger partial charge in [0.2, 0.25) is 11.5 Å². The molecule has 0 saturated carbocycles. The number of fused-ring (bicyclic) bond motifs is 5. The minimum atomic E-state index is -1.93. The van der Waals surface area contributed by atoms with Crippen LogP contribution in [0.1, 0.15) is 48.4 Å². The van der Waals surface area contributed by atoms with Gasteiger partial charge in [-0.3, -0.25) is 14.4 Å². The number of pyridine rings is 2. The van der Waals surface area contributed by atoms with Crippen LogP contribution in [0.25, 0.3) is 22.3 Å². The second-order valence-electron chi connectivity index (χ2n) is 11.5. The first-order valence-electron chi connectivity index (χ1n) is 15.0. The van der Waals surface area contributed by atoms with Crippen molar-refractivity contribution in [2.75, 3.05) is 0 Å². The molecular formula is C34H32N4O8. The average Bonchev–Trinajstić information content (AvgIpc) is 3.41. The topological polar surface area (TPSA) is 180 Å². The van der Waals surface area contributed by atoms with Crippen molar-refractivity contribution < 1.29 is 33.8 Å². The lowest BCUT2D eigenvalue weighted by atomic mass is 9.85. The lowest BCUT2D eigenvalue weighted by Crippen LogP contribution is -2.50. The van der Waals surface area contributed by atoms with Gasteiger partial charge in [0, 0.05) is 22.9 Å². The number of nitrogens with two attached hydrogens (primary N) is 1. The van der Waals surface area contributed by atoms with Gasteiger partial charge in [-0.2, -0.15) is 0 Å². The number of carboxylic acid groups (broad SMARTS) is 1.